The lowest BCUT2D eigenvalue weighted by atomic mass is 9.98. The molecule has 1 fully saturated rings. The SMILES string of the molecule is CCC1OCCC1C(=O)Nc1cc(F)c(Br)cc1F. The summed E-state index contributed by atoms with van der Waals surface area (Å²) in [6.07, 6.45) is 1.17. The minimum atomic E-state index is -0.673. The van der Waals surface area contributed by atoms with Crippen molar-refractivity contribution in [3.8, 4) is 0 Å². The molecule has 104 valence electrons. The third-order valence-electron chi connectivity index (χ3n) is 3.22. The second-order valence-corrected chi connectivity index (χ2v) is 5.30. The van der Waals surface area contributed by atoms with E-state index in [2.05, 4.69) is 21.2 Å². The summed E-state index contributed by atoms with van der Waals surface area (Å²) in [5, 5.41) is 2.43. The van der Waals surface area contributed by atoms with Gasteiger partial charge >= 0.3 is 0 Å². The van der Waals surface area contributed by atoms with Crippen LogP contribution in [-0.4, -0.2) is 18.6 Å². The molecule has 3 nitrogen and oxygen atoms in total. The average molecular weight is 334 g/mol. The Morgan fingerprint density at radius 2 is 2.21 bits per heavy atom. The third-order valence-corrected chi connectivity index (χ3v) is 3.82. The lowest BCUT2D eigenvalue weighted by Crippen LogP contribution is -2.29. The smallest absolute Gasteiger partial charge is 0.230 e. The van der Waals surface area contributed by atoms with E-state index in [4.69, 9.17) is 4.74 Å². The van der Waals surface area contributed by atoms with Crippen molar-refractivity contribution in [2.45, 2.75) is 25.9 Å². The number of anilines is 1. The zero-order valence-corrected chi connectivity index (χ0v) is 12.0. The van der Waals surface area contributed by atoms with Gasteiger partial charge in [-0.1, -0.05) is 6.92 Å². The first-order valence-corrected chi connectivity index (χ1v) is 6.89. The number of ether oxygens (including phenoxy) is 1. The first kappa shape index (κ1) is 14.4. The van der Waals surface area contributed by atoms with Gasteiger partial charge in [-0.05, 0) is 34.8 Å². The molecule has 0 saturated carbocycles. The van der Waals surface area contributed by atoms with Crippen molar-refractivity contribution in [3.05, 3.63) is 28.2 Å². The molecule has 19 heavy (non-hydrogen) atoms. The van der Waals surface area contributed by atoms with E-state index in [1.807, 2.05) is 6.92 Å². The Morgan fingerprint density at radius 1 is 1.47 bits per heavy atom. The van der Waals surface area contributed by atoms with Crippen LogP contribution in [0, 0.1) is 17.6 Å². The summed E-state index contributed by atoms with van der Waals surface area (Å²) in [4.78, 5) is 12.0. The van der Waals surface area contributed by atoms with Crippen molar-refractivity contribution in [3.63, 3.8) is 0 Å². The maximum absolute atomic E-state index is 13.6. The average Bonchev–Trinajstić information content (AvgIpc) is 2.84. The van der Waals surface area contributed by atoms with Crippen LogP contribution < -0.4 is 5.32 Å². The van der Waals surface area contributed by atoms with Gasteiger partial charge in [-0.25, -0.2) is 8.78 Å². The van der Waals surface area contributed by atoms with Crippen molar-refractivity contribution in [2.24, 2.45) is 5.92 Å². The van der Waals surface area contributed by atoms with Gasteiger partial charge in [0.25, 0.3) is 0 Å². The molecule has 2 rings (SSSR count). The normalized spacial score (nSPS) is 22.5. The number of rotatable bonds is 3. The maximum atomic E-state index is 13.6. The van der Waals surface area contributed by atoms with Crippen LogP contribution in [0.15, 0.2) is 16.6 Å². The summed E-state index contributed by atoms with van der Waals surface area (Å²) in [7, 11) is 0. The first-order chi connectivity index (χ1) is 9.02. The summed E-state index contributed by atoms with van der Waals surface area (Å²) in [5.41, 5.74) is -0.146. The fourth-order valence-corrected chi connectivity index (χ4v) is 2.51. The van der Waals surface area contributed by atoms with Crippen LogP contribution in [-0.2, 0) is 9.53 Å². The third kappa shape index (κ3) is 3.12. The predicted octanol–water partition coefficient (Wildman–Crippen LogP) is 3.48. The van der Waals surface area contributed by atoms with Crippen LogP contribution in [0.5, 0.6) is 0 Å². The monoisotopic (exact) mass is 333 g/mol. The molecule has 0 bridgehead atoms. The van der Waals surface area contributed by atoms with Crippen molar-refractivity contribution in [1.29, 1.82) is 0 Å². The van der Waals surface area contributed by atoms with E-state index in [0.29, 0.717) is 13.0 Å². The van der Waals surface area contributed by atoms with E-state index in [-0.39, 0.29) is 28.1 Å². The number of benzene rings is 1. The van der Waals surface area contributed by atoms with E-state index in [9.17, 15) is 13.6 Å². The van der Waals surface area contributed by atoms with Gasteiger partial charge in [0.15, 0.2) is 0 Å². The van der Waals surface area contributed by atoms with Crippen LogP contribution in [0.2, 0.25) is 0 Å². The van der Waals surface area contributed by atoms with Crippen LogP contribution in [0.25, 0.3) is 0 Å². The summed E-state index contributed by atoms with van der Waals surface area (Å²) in [6, 6.07) is 1.96. The molecule has 0 aliphatic carbocycles. The fraction of sp³-hybridized carbons (Fsp3) is 0.462. The molecule has 1 aliphatic rings. The minimum Gasteiger partial charge on any atom is -0.377 e. The number of hydrogen-bond acceptors (Lipinski definition) is 2. The number of carbonyl (C=O) groups is 1. The number of amides is 1. The number of nitrogens with one attached hydrogen (secondary N) is 1. The van der Waals surface area contributed by atoms with Gasteiger partial charge in [-0.2, -0.15) is 0 Å². The topological polar surface area (TPSA) is 38.3 Å². The lowest BCUT2D eigenvalue weighted by Gasteiger charge is -2.16. The van der Waals surface area contributed by atoms with Gasteiger partial charge in [0.05, 0.1) is 22.2 Å². The molecular formula is C13H14BrF2NO2. The van der Waals surface area contributed by atoms with Gasteiger partial charge in [0.1, 0.15) is 11.6 Å². The van der Waals surface area contributed by atoms with Crippen molar-refractivity contribution >= 4 is 27.5 Å². The molecule has 0 spiro atoms. The quantitative estimate of drug-likeness (QED) is 0.860. The summed E-state index contributed by atoms with van der Waals surface area (Å²) < 4.78 is 32.4. The molecule has 1 saturated heterocycles. The van der Waals surface area contributed by atoms with Crippen molar-refractivity contribution in [1.82, 2.24) is 0 Å². The highest BCUT2D eigenvalue weighted by molar-refractivity contribution is 9.10. The molecule has 2 atom stereocenters. The number of hydrogen-bond donors (Lipinski definition) is 1. The number of carbonyl (C=O) groups excluding carboxylic acids is 1. The van der Waals surface area contributed by atoms with E-state index < -0.39 is 11.6 Å². The molecule has 0 radical (unpaired) electrons. The van der Waals surface area contributed by atoms with Crippen LogP contribution in [0.4, 0.5) is 14.5 Å². The molecule has 2 unspecified atom stereocenters. The van der Waals surface area contributed by atoms with Crippen molar-refractivity contribution < 1.29 is 18.3 Å². The lowest BCUT2D eigenvalue weighted by molar-refractivity contribution is -0.121. The molecule has 6 heteroatoms. The fourth-order valence-electron chi connectivity index (χ4n) is 2.19. The molecule has 1 aliphatic heterocycles. The van der Waals surface area contributed by atoms with Gasteiger partial charge in [-0.3, -0.25) is 4.79 Å². The summed E-state index contributed by atoms with van der Waals surface area (Å²) in [5.74, 6) is -1.93. The first-order valence-electron chi connectivity index (χ1n) is 6.10. The van der Waals surface area contributed by atoms with Crippen LogP contribution in [0.3, 0.4) is 0 Å². The maximum Gasteiger partial charge on any atom is 0.230 e. The Labute approximate surface area is 118 Å². The number of halogens is 3. The van der Waals surface area contributed by atoms with Crippen LogP contribution >= 0.6 is 15.9 Å². The highest BCUT2D eigenvalue weighted by atomic mass is 79.9. The molecule has 1 heterocycles. The largest absolute Gasteiger partial charge is 0.377 e. The Morgan fingerprint density at radius 3 is 2.89 bits per heavy atom. The van der Waals surface area contributed by atoms with E-state index in [1.54, 1.807) is 0 Å². The zero-order valence-electron chi connectivity index (χ0n) is 10.4. The Kier molecular flexibility index (Phi) is 4.52. The van der Waals surface area contributed by atoms with Gasteiger partial charge in [0.2, 0.25) is 5.91 Å². The molecule has 1 aromatic rings. The predicted molar refractivity (Wildman–Crippen MR) is 70.8 cm³/mol. The Balaban J connectivity index is 2.13. The van der Waals surface area contributed by atoms with Crippen LogP contribution in [0.1, 0.15) is 19.8 Å². The highest BCUT2D eigenvalue weighted by Crippen LogP contribution is 2.27. The second kappa shape index (κ2) is 5.96. The van der Waals surface area contributed by atoms with Gasteiger partial charge in [-0.15, -0.1) is 0 Å². The minimum absolute atomic E-state index is 0.0265. The summed E-state index contributed by atoms with van der Waals surface area (Å²) in [6.45, 7) is 2.45. The van der Waals surface area contributed by atoms with E-state index in [0.717, 1.165) is 18.6 Å². The zero-order chi connectivity index (χ0) is 14.0. The van der Waals surface area contributed by atoms with Gasteiger partial charge < -0.3 is 10.1 Å². The van der Waals surface area contributed by atoms with Crippen molar-refractivity contribution in [2.75, 3.05) is 11.9 Å². The second-order valence-electron chi connectivity index (χ2n) is 4.45. The molecule has 1 N–H and O–H groups in total. The standard InChI is InChI=1S/C13H14BrF2NO2/c1-2-12-7(3-4-19-12)13(18)17-11-6-9(15)8(14)5-10(11)16/h5-7,12H,2-4H2,1H3,(H,17,18). The molecular weight excluding hydrogens is 320 g/mol. The molecule has 1 amide bonds. The molecule has 1 aromatic carbocycles. The summed E-state index contributed by atoms with van der Waals surface area (Å²) >= 11 is 2.89. The van der Waals surface area contributed by atoms with E-state index >= 15 is 0 Å². The molecule has 0 aromatic heterocycles. The Hall–Kier alpha value is -1.01. The van der Waals surface area contributed by atoms with Gasteiger partial charge in [0, 0.05) is 12.7 Å². The van der Waals surface area contributed by atoms with E-state index in [1.165, 1.54) is 0 Å². The Bertz CT molecular complexity index is 496. The highest BCUT2D eigenvalue weighted by Gasteiger charge is 2.33.